The minimum absolute atomic E-state index is 0.230. The molecule has 11 heteroatoms. The Morgan fingerprint density at radius 3 is 2.40 bits per heavy atom. The molecular weight excluding hydrogens is 427 g/mol. The van der Waals surface area contributed by atoms with Gasteiger partial charge in [0.1, 0.15) is 10.6 Å². The predicted molar refractivity (Wildman–Crippen MR) is 98.8 cm³/mol. The van der Waals surface area contributed by atoms with Crippen LogP contribution in [0.2, 0.25) is 10.0 Å². The average Bonchev–Trinajstić information content (AvgIpc) is 2.49. The maximum absolute atomic E-state index is 11.8. The quantitative estimate of drug-likeness (QED) is 0.757. The topological polar surface area (TPSA) is 107 Å². The summed E-state index contributed by atoms with van der Waals surface area (Å²) in [5.74, 6) is 0. The van der Waals surface area contributed by atoms with Crippen molar-refractivity contribution in [2.75, 3.05) is 0 Å². The van der Waals surface area contributed by atoms with Gasteiger partial charge in [0.25, 0.3) is 0 Å². The number of benzene rings is 2. The fourth-order valence-corrected chi connectivity index (χ4v) is 4.87. The molecule has 25 heavy (non-hydrogen) atoms. The molecule has 0 saturated carbocycles. The van der Waals surface area contributed by atoms with E-state index in [0.717, 1.165) is 11.8 Å². The number of nitrogens with two attached hydrogens (primary N) is 1. The molecule has 6 nitrogen and oxygen atoms in total. The standard InChI is InChI=1S/C14H12Cl2N2O4S3/c1-2-8-3-6-12(25(17,21)22)13(18-24(19)20)14(8)23-11-5-4-9(15)7-10(11)16/h3-7H,2H2,1H3,(H2,17,21,22). The van der Waals surface area contributed by atoms with Gasteiger partial charge in [0, 0.05) is 14.8 Å². The summed E-state index contributed by atoms with van der Waals surface area (Å²) in [5.41, 5.74) is 0.471. The molecule has 0 aliphatic rings. The van der Waals surface area contributed by atoms with Gasteiger partial charge in [-0.15, -0.1) is 4.36 Å². The van der Waals surface area contributed by atoms with Crippen molar-refractivity contribution in [2.45, 2.75) is 28.0 Å². The molecule has 0 bridgehead atoms. The number of hydrogen-bond acceptors (Lipinski definition) is 6. The maximum Gasteiger partial charge on any atom is 0.316 e. The minimum atomic E-state index is -4.17. The number of primary sulfonamides is 1. The number of rotatable bonds is 5. The summed E-state index contributed by atoms with van der Waals surface area (Å²) in [5, 5.41) is 5.98. The first-order chi connectivity index (χ1) is 11.6. The van der Waals surface area contributed by atoms with Gasteiger partial charge >= 0.3 is 10.5 Å². The van der Waals surface area contributed by atoms with E-state index in [4.69, 9.17) is 28.3 Å². The second kappa shape index (κ2) is 8.07. The summed E-state index contributed by atoms with van der Waals surface area (Å²) in [4.78, 5) is 0.546. The SMILES string of the molecule is CCc1ccc(S(N)(=O)=O)c(N=S(=O)=O)c1Sc1ccc(Cl)cc1Cl. The van der Waals surface area contributed by atoms with Crippen LogP contribution in [-0.2, 0) is 26.9 Å². The summed E-state index contributed by atoms with van der Waals surface area (Å²) in [6.07, 6.45) is 0.520. The highest BCUT2D eigenvalue weighted by molar-refractivity contribution is 7.99. The van der Waals surface area contributed by atoms with E-state index >= 15 is 0 Å². The zero-order valence-corrected chi connectivity index (χ0v) is 16.7. The van der Waals surface area contributed by atoms with Crippen LogP contribution < -0.4 is 5.14 Å². The maximum atomic E-state index is 11.8. The minimum Gasteiger partial charge on any atom is -0.225 e. The van der Waals surface area contributed by atoms with E-state index in [0.29, 0.717) is 31.8 Å². The Hall–Kier alpha value is -1.10. The van der Waals surface area contributed by atoms with Crippen LogP contribution in [0.3, 0.4) is 0 Å². The molecular formula is C14H12Cl2N2O4S3. The van der Waals surface area contributed by atoms with Gasteiger partial charge in [-0.1, -0.05) is 48.0 Å². The molecule has 2 aromatic rings. The highest BCUT2D eigenvalue weighted by Gasteiger charge is 2.21. The molecule has 0 radical (unpaired) electrons. The summed E-state index contributed by atoms with van der Waals surface area (Å²) < 4.78 is 49.3. The fraction of sp³-hybridized carbons (Fsp3) is 0.143. The van der Waals surface area contributed by atoms with Gasteiger partial charge in [0.15, 0.2) is 0 Å². The van der Waals surface area contributed by atoms with Gasteiger partial charge in [-0.2, -0.15) is 8.42 Å². The highest BCUT2D eigenvalue weighted by atomic mass is 35.5. The van der Waals surface area contributed by atoms with Crippen molar-refractivity contribution in [3.63, 3.8) is 0 Å². The predicted octanol–water partition coefficient (Wildman–Crippen LogP) is 4.05. The van der Waals surface area contributed by atoms with E-state index in [1.807, 2.05) is 6.92 Å². The number of sulfonamides is 1. The third kappa shape index (κ3) is 4.96. The molecule has 2 N–H and O–H groups in total. The van der Waals surface area contributed by atoms with E-state index in [-0.39, 0.29) is 10.6 Å². The number of halogens is 2. The van der Waals surface area contributed by atoms with Crippen molar-refractivity contribution in [2.24, 2.45) is 9.50 Å². The Bertz CT molecular complexity index is 1060. The van der Waals surface area contributed by atoms with Crippen LogP contribution in [0.25, 0.3) is 0 Å². The smallest absolute Gasteiger partial charge is 0.225 e. The third-order valence-electron chi connectivity index (χ3n) is 3.14. The summed E-state index contributed by atoms with van der Waals surface area (Å²) >= 11 is 13.1. The molecule has 0 heterocycles. The normalized spacial score (nSPS) is 11.4. The molecule has 0 unspecified atom stereocenters. The Kier molecular flexibility index (Phi) is 6.52. The lowest BCUT2D eigenvalue weighted by atomic mass is 10.1. The highest BCUT2D eigenvalue weighted by Crippen LogP contribution is 2.44. The molecule has 0 aliphatic carbocycles. The lowest BCUT2D eigenvalue weighted by Gasteiger charge is -2.14. The van der Waals surface area contributed by atoms with Crippen LogP contribution >= 0.6 is 35.0 Å². The van der Waals surface area contributed by atoms with E-state index in [2.05, 4.69) is 4.36 Å². The van der Waals surface area contributed by atoms with Crippen LogP contribution in [0, 0.1) is 0 Å². The molecule has 0 atom stereocenters. The molecule has 0 amide bonds. The molecule has 0 aliphatic heterocycles. The zero-order chi connectivity index (χ0) is 18.8. The average molecular weight is 439 g/mol. The van der Waals surface area contributed by atoms with Crippen molar-refractivity contribution < 1.29 is 16.8 Å². The van der Waals surface area contributed by atoms with E-state index in [1.165, 1.54) is 12.1 Å². The lowest BCUT2D eigenvalue weighted by Crippen LogP contribution is -2.13. The molecule has 0 aromatic heterocycles. The zero-order valence-electron chi connectivity index (χ0n) is 12.7. The first-order valence-corrected chi connectivity index (χ1v) is 10.9. The van der Waals surface area contributed by atoms with Crippen molar-refractivity contribution >= 4 is 61.2 Å². The van der Waals surface area contributed by atoms with E-state index in [9.17, 15) is 16.8 Å². The Labute approximate surface area is 161 Å². The third-order valence-corrected chi connectivity index (χ3v) is 6.30. The summed E-state index contributed by atoms with van der Waals surface area (Å²) in [7, 11) is -7.03. The van der Waals surface area contributed by atoms with Gasteiger partial charge in [0.2, 0.25) is 10.0 Å². The molecule has 2 rings (SSSR count). The molecule has 2 aromatic carbocycles. The van der Waals surface area contributed by atoms with Crippen LogP contribution in [0.5, 0.6) is 0 Å². The number of hydrogen-bond donors (Lipinski definition) is 1. The Morgan fingerprint density at radius 1 is 1.20 bits per heavy atom. The molecule has 0 spiro atoms. The van der Waals surface area contributed by atoms with Crippen LogP contribution in [0.4, 0.5) is 5.69 Å². The van der Waals surface area contributed by atoms with Gasteiger partial charge in [-0.3, -0.25) is 0 Å². The van der Waals surface area contributed by atoms with Crippen molar-refractivity contribution in [1.82, 2.24) is 0 Å². The second-order valence-corrected chi connectivity index (χ2v) is 8.83. The van der Waals surface area contributed by atoms with Gasteiger partial charge in [0.05, 0.1) is 5.02 Å². The van der Waals surface area contributed by atoms with Gasteiger partial charge in [-0.05, 0) is 36.2 Å². The molecule has 134 valence electrons. The van der Waals surface area contributed by atoms with Crippen LogP contribution in [-0.4, -0.2) is 16.8 Å². The summed E-state index contributed by atoms with van der Waals surface area (Å²) in [6.45, 7) is 1.84. The summed E-state index contributed by atoms with van der Waals surface area (Å²) in [6, 6.07) is 7.61. The van der Waals surface area contributed by atoms with Crippen molar-refractivity contribution in [3.05, 3.63) is 45.9 Å². The number of aryl methyl sites for hydroxylation is 1. The van der Waals surface area contributed by atoms with Crippen molar-refractivity contribution in [3.8, 4) is 0 Å². The Balaban J connectivity index is 2.79. The first kappa shape index (κ1) is 20.2. The first-order valence-electron chi connectivity index (χ1n) is 6.76. The van der Waals surface area contributed by atoms with E-state index in [1.54, 1.807) is 18.2 Å². The van der Waals surface area contributed by atoms with E-state index < -0.39 is 20.5 Å². The molecule has 0 fully saturated rings. The monoisotopic (exact) mass is 438 g/mol. The Morgan fingerprint density at radius 2 is 1.88 bits per heavy atom. The van der Waals surface area contributed by atoms with Gasteiger partial charge < -0.3 is 0 Å². The fourth-order valence-electron chi connectivity index (χ4n) is 2.05. The van der Waals surface area contributed by atoms with Crippen LogP contribution in [0.1, 0.15) is 12.5 Å². The molecule has 0 saturated heterocycles. The van der Waals surface area contributed by atoms with Gasteiger partial charge in [-0.25, -0.2) is 13.6 Å². The lowest BCUT2D eigenvalue weighted by molar-refractivity contribution is 0.598. The largest absolute Gasteiger partial charge is 0.316 e. The van der Waals surface area contributed by atoms with Crippen molar-refractivity contribution in [1.29, 1.82) is 0 Å². The van der Waals surface area contributed by atoms with Crippen LogP contribution in [0.15, 0.2) is 49.4 Å². The number of nitrogens with zero attached hydrogens (tertiary/aromatic N) is 1. The second-order valence-electron chi connectivity index (χ2n) is 4.78.